The SMILES string of the molecule is C[C@@H]1CC[C@H]2C(=O)N(c3ccc(Cc4ccncc4)cc3)C(=O)[C@@H]2C1. The van der Waals surface area contributed by atoms with Gasteiger partial charge in [0.2, 0.25) is 11.8 Å². The molecule has 0 unspecified atom stereocenters. The fraction of sp³-hybridized carbons (Fsp3) is 0.381. The van der Waals surface area contributed by atoms with Crippen LogP contribution in [0.15, 0.2) is 48.8 Å². The van der Waals surface area contributed by atoms with E-state index in [1.54, 1.807) is 12.4 Å². The van der Waals surface area contributed by atoms with Crippen LogP contribution in [0, 0.1) is 17.8 Å². The fourth-order valence-electron chi connectivity index (χ4n) is 4.14. The van der Waals surface area contributed by atoms with Gasteiger partial charge in [-0.05, 0) is 67.0 Å². The van der Waals surface area contributed by atoms with E-state index in [4.69, 9.17) is 0 Å². The predicted octanol–water partition coefficient (Wildman–Crippen LogP) is 3.60. The largest absolute Gasteiger partial charge is 0.274 e. The van der Waals surface area contributed by atoms with Crippen molar-refractivity contribution in [2.24, 2.45) is 17.8 Å². The third kappa shape index (κ3) is 2.97. The maximum Gasteiger partial charge on any atom is 0.237 e. The Morgan fingerprint density at radius 1 is 0.920 bits per heavy atom. The molecule has 3 atom stereocenters. The first-order valence-corrected chi connectivity index (χ1v) is 8.99. The van der Waals surface area contributed by atoms with Gasteiger partial charge in [-0.1, -0.05) is 19.1 Å². The molecule has 2 amide bonds. The van der Waals surface area contributed by atoms with Gasteiger partial charge in [-0.25, -0.2) is 0 Å². The molecule has 1 aromatic heterocycles. The molecule has 2 fully saturated rings. The molecule has 4 heteroatoms. The first-order valence-electron chi connectivity index (χ1n) is 8.99. The molecule has 0 radical (unpaired) electrons. The minimum absolute atomic E-state index is 0.0104. The highest BCUT2D eigenvalue weighted by molar-refractivity contribution is 6.22. The molecule has 1 aliphatic carbocycles. The van der Waals surface area contributed by atoms with Crippen LogP contribution in [0.3, 0.4) is 0 Å². The van der Waals surface area contributed by atoms with Crippen LogP contribution in [0.2, 0.25) is 0 Å². The third-order valence-corrected chi connectivity index (χ3v) is 5.54. The van der Waals surface area contributed by atoms with Crippen LogP contribution in [-0.4, -0.2) is 16.8 Å². The number of fused-ring (bicyclic) bond motifs is 1. The highest BCUT2D eigenvalue weighted by Gasteiger charge is 2.49. The van der Waals surface area contributed by atoms with E-state index < -0.39 is 0 Å². The third-order valence-electron chi connectivity index (χ3n) is 5.54. The van der Waals surface area contributed by atoms with Crippen LogP contribution in [0.1, 0.15) is 37.3 Å². The van der Waals surface area contributed by atoms with Gasteiger partial charge in [0.25, 0.3) is 0 Å². The number of pyridine rings is 1. The van der Waals surface area contributed by atoms with E-state index >= 15 is 0 Å². The van der Waals surface area contributed by atoms with Crippen molar-refractivity contribution in [1.82, 2.24) is 4.98 Å². The topological polar surface area (TPSA) is 50.3 Å². The second-order valence-electron chi connectivity index (χ2n) is 7.34. The number of rotatable bonds is 3. The van der Waals surface area contributed by atoms with Gasteiger partial charge in [0, 0.05) is 12.4 Å². The van der Waals surface area contributed by atoms with E-state index in [2.05, 4.69) is 11.9 Å². The maximum absolute atomic E-state index is 12.8. The van der Waals surface area contributed by atoms with Crippen molar-refractivity contribution >= 4 is 17.5 Å². The lowest BCUT2D eigenvalue weighted by atomic mass is 9.76. The van der Waals surface area contributed by atoms with Gasteiger partial charge in [0.15, 0.2) is 0 Å². The van der Waals surface area contributed by atoms with Gasteiger partial charge in [0.1, 0.15) is 0 Å². The molecule has 0 spiro atoms. The zero-order chi connectivity index (χ0) is 17.4. The van der Waals surface area contributed by atoms with Crippen molar-refractivity contribution in [3.63, 3.8) is 0 Å². The van der Waals surface area contributed by atoms with Gasteiger partial charge < -0.3 is 0 Å². The number of nitrogens with zero attached hydrogens (tertiary/aromatic N) is 2. The lowest BCUT2D eigenvalue weighted by Crippen LogP contribution is -2.30. The van der Waals surface area contributed by atoms with Gasteiger partial charge >= 0.3 is 0 Å². The van der Waals surface area contributed by atoms with Crippen LogP contribution in [0.25, 0.3) is 0 Å². The molecule has 4 rings (SSSR count). The number of aromatic nitrogens is 1. The summed E-state index contributed by atoms with van der Waals surface area (Å²) in [6.45, 7) is 2.17. The second kappa shape index (κ2) is 6.43. The molecular weight excluding hydrogens is 312 g/mol. The Bertz CT molecular complexity index is 785. The molecule has 25 heavy (non-hydrogen) atoms. The molecular formula is C21H22N2O2. The van der Waals surface area contributed by atoms with Crippen LogP contribution in [0.5, 0.6) is 0 Å². The van der Waals surface area contributed by atoms with Crippen LogP contribution in [0.4, 0.5) is 5.69 Å². The van der Waals surface area contributed by atoms with Crippen molar-refractivity contribution in [2.75, 3.05) is 4.90 Å². The summed E-state index contributed by atoms with van der Waals surface area (Å²) in [7, 11) is 0. The van der Waals surface area contributed by atoms with E-state index in [-0.39, 0.29) is 23.7 Å². The number of carbonyl (C=O) groups is 2. The molecule has 2 heterocycles. The van der Waals surface area contributed by atoms with Crippen LogP contribution in [-0.2, 0) is 16.0 Å². The Kier molecular flexibility index (Phi) is 4.12. The lowest BCUT2D eigenvalue weighted by molar-refractivity contribution is -0.122. The normalized spacial score (nSPS) is 26.0. The predicted molar refractivity (Wildman–Crippen MR) is 96.0 cm³/mol. The van der Waals surface area contributed by atoms with Gasteiger partial charge in [-0.15, -0.1) is 0 Å². The van der Waals surface area contributed by atoms with Crippen molar-refractivity contribution in [2.45, 2.75) is 32.6 Å². The quantitative estimate of drug-likeness (QED) is 0.806. The lowest BCUT2D eigenvalue weighted by Gasteiger charge is -2.25. The summed E-state index contributed by atoms with van der Waals surface area (Å²) in [5, 5.41) is 0. The second-order valence-corrected chi connectivity index (χ2v) is 7.34. The van der Waals surface area contributed by atoms with E-state index in [0.29, 0.717) is 11.6 Å². The maximum atomic E-state index is 12.8. The summed E-state index contributed by atoms with van der Waals surface area (Å²) < 4.78 is 0. The molecule has 4 nitrogen and oxygen atoms in total. The minimum atomic E-state index is -0.118. The first kappa shape index (κ1) is 16.0. The van der Waals surface area contributed by atoms with Crippen molar-refractivity contribution in [3.05, 3.63) is 59.9 Å². The molecule has 1 aliphatic heterocycles. The fourth-order valence-corrected chi connectivity index (χ4v) is 4.14. The van der Waals surface area contributed by atoms with Crippen molar-refractivity contribution in [3.8, 4) is 0 Å². The Morgan fingerprint density at radius 2 is 1.56 bits per heavy atom. The standard InChI is InChI=1S/C21H22N2O2/c1-14-2-7-18-19(12-14)21(25)23(20(18)24)17-5-3-15(4-6-17)13-16-8-10-22-11-9-16/h3-6,8-11,14,18-19H,2,7,12-13H2,1H3/t14-,18-,19-/m1/s1. The number of anilines is 1. The highest BCUT2D eigenvalue weighted by Crippen LogP contribution is 2.42. The molecule has 1 saturated heterocycles. The highest BCUT2D eigenvalue weighted by atomic mass is 16.2. The number of hydrogen-bond acceptors (Lipinski definition) is 3. The van der Waals surface area contributed by atoms with Crippen molar-refractivity contribution < 1.29 is 9.59 Å². The van der Waals surface area contributed by atoms with Crippen LogP contribution < -0.4 is 4.90 Å². The average molecular weight is 334 g/mol. The zero-order valence-corrected chi connectivity index (χ0v) is 14.4. The zero-order valence-electron chi connectivity index (χ0n) is 14.4. The Balaban J connectivity index is 1.54. The Morgan fingerprint density at radius 3 is 2.28 bits per heavy atom. The number of carbonyl (C=O) groups excluding carboxylic acids is 2. The average Bonchev–Trinajstić information content (AvgIpc) is 2.87. The smallest absolute Gasteiger partial charge is 0.237 e. The summed E-state index contributed by atoms with van der Waals surface area (Å²) in [6.07, 6.45) is 7.10. The Hall–Kier alpha value is -2.49. The van der Waals surface area contributed by atoms with Gasteiger partial charge in [-0.3, -0.25) is 19.5 Å². The van der Waals surface area contributed by atoms with E-state index in [1.807, 2.05) is 36.4 Å². The van der Waals surface area contributed by atoms with E-state index in [0.717, 1.165) is 31.2 Å². The molecule has 0 N–H and O–H groups in total. The first-order chi connectivity index (χ1) is 12.1. The minimum Gasteiger partial charge on any atom is -0.274 e. The van der Waals surface area contributed by atoms with E-state index in [1.165, 1.54) is 10.5 Å². The molecule has 0 bridgehead atoms. The monoisotopic (exact) mass is 334 g/mol. The molecule has 1 saturated carbocycles. The number of amides is 2. The summed E-state index contributed by atoms with van der Waals surface area (Å²) in [5.74, 6) is 0.279. The number of imide groups is 1. The van der Waals surface area contributed by atoms with Gasteiger partial charge in [-0.2, -0.15) is 0 Å². The number of benzene rings is 1. The van der Waals surface area contributed by atoms with Crippen molar-refractivity contribution in [1.29, 1.82) is 0 Å². The number of hydrogen-bond donors (Lipinski definition) is 0. The molecule has 128 valence electrons. The van der Waals surface area contributed by atoms with Gasteiger partial charge in [0.05, 0.1) is 17.5 Å². The summed E-state index contributed by atoms with van der Waals surface area (Å²) >= 11 is 0. The van der Waals surface area contributed by atoms with Crippen LogP contribution >= 0.6 is 0 Å². The molecule has 2 aliphatic rings. The van der Waals surface area contributed by atoms with E-state index in [9.17, 15) is 9.59 Å². The Labute approximate surface area is 147 Å². The summed E-state index contributed by atoms with van der Waals surface area (Å²) in [4.78, 5) is 31.0. The summed E-state index contributed by atoms with van der Waals surface area (Å²) in [5.41, 5.74) is 3.05. The molecule has 1 aromatic carbocycles. The summed E-state index contributed by atoms with van der Waals surface area (Å²) in [6, 6.07) is 11.8. The molecule has 2 aromatic rings.